The molecule has 0 spiro atoms. The Bertz CT molecular complexity index is 560. The minimum atomic E-state index is -1.39. The van der Waals surface area contributed by atoms with Crippen molar-refractivity contribution >= 4 is 11.7 Å². The van der Waals surface area contributed by atoms with Gasteiger partial charge in [0.1, 0.15) is 18.0 Å². The predicted octanol–water partition coefficient (Wildman–Crippen LogP) is 1.73. The maximum atomic E-state index is 11.9. The minimum absolute atomic E-state index is 0.109. The molecular weight excluding hydrogens is 310 g/mol. The van der Waals surface area contributed by atoms with Crippen LogP contribution in [0.4, 0.5) is 0 Å². The third kappa shape index (κ3) is 6.93. The van der Waals surface area contributed by atoms with Gasteiger partial charge in [0, 0.05) is 11.6 Å². The first-order valence-corrected chi connectivity index (χ1v) is 7.74. The van der Waals surface area contributed by atoms with Crippen LogP contribution in [-0.4, -0.2) is 48.3 Å². The molecule has 1 rings (SSSR count). The number of carbonyl (C=O) groups is 2. The molecule has 0 aromatic heterocycles. The summed E-state index contributed by atoms with van der Waals surface area (Å²) in [4.78, 5) is 23.0. The second-order valence-corrected chi connectivity index (χ2v) is 5.95. The molecule has 1 unspecified atom stereocenters. The Morgan fingerprint density at radius 3 is 2.46 bits per heavy atom. The highest BCUT2D eigenvalue weighted by Crippen LogP contribution is 2.17. The second-order valence-electron chi connectivity index (χ2n) is 5.95. The van der Waals surface area contributed by atoms with Crippen LogP contribution in [0.15, 0.2) is 36.9 Å². The molecule has 0 radical (unpaired) electrons. The number of Topliss-reactive ketones (excluding diaryl/α,β-unsaturated/α-hetero) is 1. The number of aliphatic hydroxyl groups is 1. The Morgan fingerprint density at radius 1 is 1.29 bits per heavy atom. The summed E-state index contributed by atoms with van der Waals surface area (Å²) in [6, 6.07) is 6.47. The Morgan fingerprint density at radius 2 is 1.92 bits per heavy atom. The highest BCUT2D eigenvalue weighted by Gasteiger charge is 2.24. The van der Waals surface area contributed by atoms with Gasteiger partial charge in [-0.05, 0) is 51.1 Å². The van der Waals surface area contributed by atoms with Crippen molar-refractivity contribution in [3.8, 4) is 5.75 Å². The van der Waals surface area contributed by atoms with Crippen LogP contribution in [0.2, 0.25) is 0 Å². The largest absolute Gasteiger partial charge is 0.491 e. The van der Waals surface area contributed by atoms with Gasteiger partial charge >= 0.3 is 0 Å². The molecule has 6 heteroatoms. The van der Waals surface area contributed by atoms with Crippen LogP contribution in [0.5, 0.6) is 5.75 Å². The van der Waals surface area contributed by atoms with Crippen molar-refractivity contribution in [2.24, 2.45) is 0 Å². The van der Waals surface area contributed by atoms with E-state index in [1.807, 2.05) is 6.92 Å². The summed E-state index contributed by atoms with van der Waals surface area (Å²) < 4.78 is 10.9. The average Bonchev–Trinajstić information content (AvgIpc) is 2.53. The van der Waals surface area contributed by atoms with Crippen molar-refractivity contribution in [1.82, 2.24) is 5.32 Å². The van der Waals surface area contributed by atoms with E-state index in [2.05, 4.69) is 11.9 Å². The summed E-state index contributed by atoms with van der Waals surface area (Å²) in [7, 11) is 0. The monoisotopic (exact) mass is 335 g/mol. The fraction of sp³-hybridized carbons (Fsp3) is 0.444. The normalized spacial score (nSPS) is 12.3. The van der Waals surface area contributed by atoms with Crippen molar-refractivity contribution in [3.05, 3.63) is 42.5 Å². The first kappa shape index (κ1) is 19.9. The highest BCUT2D eigenvalue weighted by atomic mass is 16.5. The van der Waals surface area contributed by atoms with Crippen molar-refractivity contribution in [1.29, 1.82) is 0 Å². The van der Waals surface area contributed by atoms with Gasteiger partial charge in [-0.25, -0.2) is 0 Å². The van der Waals surface area contributed by atoms with Gasteiger partial charge in [-0.1, -0.05) is 6.58 Å². The summed E-state index contributed by atoms with van der Waals surface area (Å²) in [6.45, 7) is 9.22. The van der Waals surface area contributed by atoms with Gasteiger partial charge in [-0.3, -0.25) is 9.59 Å². The maximum absolute atomic E-state index is 11.9. The average molecular weight is 335 g/mol. The first-order chi connectivity index (χ1) is 11.2. The van der Waals surface area contributed by atoms with Crippen LogP contribution >= 0.6 is 0 Å². The van der Waals surface area contributed by atoms with E-state index in [0.29, 0.717) is 31.1 Å². The topological polar surface area (TPSA) is 84.9 Å². The van der Waals surface area contributed by atoms with Gasteiger partial charge in [-0.15, -0.1) is 0 Å². The Hall–Kier alpha value is -2.18. The van der Waals surface area contributed by atoms with Gasteiger partial charge < -0.3 is 19.9 Å². The first-order valence-electron chi connectivity index (χ1n) is 7.74. The Balaban J connectivity index is 2.30. The van der Waals surface area contributed by atoms with Crippen molar-refractivity contribution in [2.45, 2.75) is 32.4 Å². The van der Waals surface area contributed by atoms with E-state index >= 15 is 0 Å². The lowest BCUT2D eigenvalue weighted by atomic mass is 9.97. The SMILES string of the molecule is C=CC(=O)NC(C)COCCOc1ccc(C(=O)C(C)(C)O)cc1. The molecule has 0 saturated carbocycles. The summed E-state index contributed by atoms with van der Waals surface area (Å²) in [6.07, 6.45) is 1.21. The molecule has 0 fully saturated rings. The number of ether oxygens (including phenoxy) is 2. The number of carbonyl (C=O) groups excluding carboxylic acids is 2. The quantitative estimate of drug-likeness (QED) is 0.386. The predicted molar refractivity (Wildman–Crippen MR) is 91.2 cm³/mol. The van der Waals surface area contributed by atoms with E-state index < -0.39 is 5.60 Å². The molecule has 0 aliphatic carbocycles. The Kier molecular flexibility index (Phi) is 7.61. The van der Waals surface area contributed by atoms with Crippen LogP contribution in [0.25, 0.3) is 0 Å². The Labute approximate surface area is 142 Å². The number of hydrogen-bond acceptors (Lipinski definition) is 5. The molecular formula is C18H25NO5. The van der Waals surface area contributed by atoms with Crippen LogP contribution < -0.4 is 10.1 Å². The van der Waals surface area contributed by atoms with Crippen molar-refractivity contribution in [3.63, 3.8) is 0 Å². The van der Waals surface area contributed by atoms with Crippen molar-refractivity contribution in [2.75, 3.05) is 19.8 Å². The van der Waals surface area contributed by atoms with Gasteiger partial charge in [0.15, 0.2) is 5.78 Å². The smallest absolute Gasteiger partial charge is 0.243 e. The molecule has 6 nitrogen and oxygen atoms in total. The van der Waals surface area contributed by atoms with E-state index in [4.69, 9.17) is 9.47 Å². The summed E-state index contributed by atoms with van der Waals surface area (Å²) >= 11 is 0. The number of nitrogens with one attached hydrogen (secondary N) is 1. The third-order valence-corrected chi connectivity index (χ3v) is 3.11. The number of hydrogen-bond donors (Lipinski definition) is 2. The van der Waals surface area contributed by atoms with Crippen LogP contribution in [-0.2, 0) is 9.53 Å². The molecule has 1 amide bonds. The summed E-state index contributed by atoms with van der Waals surface area (Å²) in [5.41, 5.74) is -0.966. The molecule has 0 aliphatic rings. The van der Waals surface area contributed by atoms with Gasteiger partial charge in [0.2, 0.25) is 5.91 Å². The highest BCUT2D eigenvalue weighted by molar-refractivity contribution is 6.01. The number of rotatable bonds is 10. The third-order valence-electron chi connectivity index (χ3n) is 3.11. The van der Waals surface area contributed by atoms with E-state index in [1.165, 1.54) is 19.9 Å². The lowest BCUT2D eigenvalue weighted by molar-refractivity contribution is -0.117. The standard InChI is InChI=1S/C18H25NO5/c1-5-16(20)19-13(2)12-23-10-11-24-15-8-6-14(7-9-15)17(21)18(3,4)22/h5-9,13,22H,1,10-12H2,2-4H3,(H,19,20). The summed E-state index contributed by atoms with van der Waals surface area (Å²) in [5.74, 6) is 0.0369. The number of benzene rings is 1. The van der Waals surface area contributed by atoms with E-state index in [-0.39, 0.29) is 17.7 Å². The van der Waals surface area contributed by atoms with Gasteiger partial charge in [0.25, 0.3) is 0 Å². The molecule has 132 valence electrons. The fourth-order valence-electron chi connectivity index (χ4n) is 1.88. The number of ketones is 1. The van der Waals surface area contributed by atoms with E-state index in [9.17, 15) is 14.7 Å². The molecule has 0 saturated heterocycles. The molecule has 2 N–H and O–H groups in total. The van der Waals surface area contributed by atoms with Crippen LogP contribution in [0.1, 0.15) is 31.1 Å². The van der Waals surface area contributed by atoms with Gasteiger partial charge in [0.05, 0.1) is 13.2 Å². The lowest BCUT2D eigenvalue weighted by Crippen LogP contribution is -2.35. The van der Waals surface area contributed by atoms with Crippen molar-refractivity contribution < 1.29 is 24.2 Å². The van der Waals surface area contributed by atoms with E-state index in [1.54, 1.807) is 24.3 Å². The molecule has 1 atom stereocenters. The molecule has 1 aromatic carbocycles. The number of amides is 1. The minimum Gasteiger partial charge on any atom is -0.491 e. The molecule has 0 aliphatic heterocycles. The summed E-state index contributed by atoms with van der Waals surface area (Å²) in [5, 5.41) is 12.4. The zero-order valence-electron chi connectivity index (χ0n) is 14.4. The molecule has 1 aromatic rings. The zero-order valence-corrected chi connectivity index (χ0v) is 14.4. The lowest BCUT2D eigenvalue weighted by Gasteiger charge is -2.16. The molecule has 0 heterocycles. The van der Waals surface area contributed by atoms with Gasteiger partial charge in [-0.2, -0.15) is 0 Å². The second kappa shape index (κ2) is 9.20. The molecule has 24 heavy (non-hydrogen) atoms. The zero-order chi connectivity index (χ0) is 18.2. The van der Waals surface area contributed by atoms with E-state index in [0.717, 1.165) is 0 Å². The molecule has 0 bridgehead atoms. The van der Waals surface area contributed by atoms with Crippen LogP contribution in [0, 0.1) is 0 Å². The fourth-order valence-corrected chi connectivity index (χ4v) is 1.88. The maximum Gasteiger partial charge on any atom is 0.243 e. The van der Waals surface area contributed by atoms with Crippen LogP contribution in [0.3, 0.4) is 0 Å².